The maximum Gasteiger partial charge on any atom is 0.416 e. The summed E-state index contributed by atoms with van der Waals surface area (Å²) in [7, 11) is 0. The first-order valence-electron chi connectivity index (χ1n) is 9.46. The van der Waals surface area contributed by atoms with Gasteiger partial charge in [-0.2, -0.15) is 13.2 Å². The van der Waals surface area contributed by atoms with Crippen LogP contribution in [0.25, 0.3) is 0 Å². The van der Waals surface area contributed by atoms with Crippen LogP contribution in [0.1, 0.15) is 15.9 Å². The van der Waals surface area contributed by atoms with Crippen molar-refractivity contribution in [1.82, 2.24) is 4.90 Å². The van der Waals surface area contributed by atoms with Crippen LogP contribution >= 0.6 is 0 Å². The maximum atomic E-state index is 13.1. The number of carbonyl (C=O) groups is 2. The molecule has 1 unspecified atom stereocenters. The molecule has 0 spiro atoms. The molecule has 158 valence electrons. The van der Waals surface area contributed by atoms with Gasteiger partial charge in [0.2, 0.25) is 0 Å². The lowest BCUT2D eigenvalue weighted by atomic mass is 10.1. The molecular formula is C21H19F3N2O4. The van der Waals surface area contributed by atoms with Gasteiger partial charge in [0.05, 0.1) is 31.0 Å². The van der Waals surface area contributed by atoms with Crippen LogP contribution < -0.4 is 9.64 Å². The molecule has 1 atom stereocenters. The molecule has 2 heterocycles. The van der Waals surface area contributed by atoms with Gasteiger partial charge in [0.15, 0.2) is 6.10 Å². The second-order valence-corrected chi connectivity index (χ2v) is 7.00. The normalized spacial score (nSPS) is 19.1. The van der Waals surface area contributed by atoms with E-state index in [9.17, 15) is 22.8 Å². The number of nitrogens with zero attached hydrogens (tertiary/aromatic N) is 2. The molecule has 2 aliphatic heterocycles. The lowest BCUT2D eigenvalue weighted by molar-refractivity contribution is -0.142. The molecule has 6 nitrogen and oxygen atoms in total. The number of rotatable bonds is 2. The fourth-order valence-corrected chi connectivity index (χ4v) is 3.50. The minimum atomic E-state index is -4.48. The Morgan fingerprint density at radius 1 is 0.967 bits per heavy atom. The molecule has 1 fully saturated rings. The Bertz CT molecular complexity index is 940. The van der Waals surface area contributed by atoms with Crippen molar-refractivity contribution >= 4 is 17.5 Å². The first kappa shape index (κ1) is 20.2. The lowest BCUT2D eigenvalue weighted by Gasteiger charge is -2.37. The summed E-state index contributed by atoms with van der Waals surface area (Å²) in [6.45, 7) is 1.71. The van der Waals surface area contributed by atoms with E-state index in [2.05, 4.69) is 0 Å². The number of anilines is 1. The van der Waals surface area contributed by atoms with Crippen molar-refractivity contribution < 1.29 is 32.2 Å². The third kappa shape index (κ3) is 3.97. The summed E-state index contributed by atoms with van der Waals surface area (Å²) in [5, 5.41) is 0. The number of benzene rings is 2. The van der Waals surface area contributed by atoms with Gasteiger partial charge >= 0.3 is 6.18 Å². The summed E-state index contributed by atoms with van der Waals surface area (Å²) in [6.07, 6.45) is -5.39. The van der Waals surface area contributed by atoms with Crippen LogP contribution in [-0.2, 0) is 15.7 Å². The summed E-state index contributed by atoms with van der Waals surface area (Å²) in [6, 6.07) is 10.8. The quantitative estimate of drug-likeness (QED) is 0.750. The van der Waals surface area contributed by atoms with E-state index in [0.717, 1.165) is 24.3 Å². The smallest absolute Gasteiger partial charge is 0.416 e. The highest BCUT2D eigenvalue weighted by Gasteiger charge is 2.37. The molecule has 2 amide bonds. The van der Waals surface area contributed by atoms with E-state index in [1.165, 1.54) is 4.90 Å². The van der Waals surface area contributed by atoms with E-state index in [-0.39, 0.29) is 18.0 Å². The highest BCUT2D eigenvalue weighted by atomic mass is 19.4. The highest BCUT2D eigenvalue weighted by molar-refractivity contribution is 6.07. The summed E-state index contributed by atoms with van der Waals surface area (Å²) in [5.41, 5.74) is -0.271. The van der Waals surface area contributed by atoms with Crippen LogP contribution in [0.2, 0.25) is 0 Å². The molecule has 9 heteroatoms. The number of amides is 2. The molecule has 30 heavy (non-hydrogen) atoms. The van der Waals surface area contributed by atoms with Crippen LogP contribution in [0.3, 0.4) is 0 Å². The summed E-state index contributed by atoms with van der Waals surface area (Å²) in [5.74, 6) is -0.382. The van der Waals surface area contributed by atoms with Gasteiger partial charge < -0.3 is 19.3 Å². The van der Waals surface area contributed by atoms with Crippen LogP contribution in [-0.4, -0.2) is 55.7 Å². The van der Waals surface area contributed by atoms with Gasteiger partial charge in [-0.15, -0.1) is 0 Å². The number of halogens is 3. The highest BCUT2D eigenvalue weighted by Crippen LogP contribution is 2.35. The van der Waals surface area contributed by atoms with Crippen LogP contribution in [0.5, 0.6) is 5.75 Å². The number of ether oxygens (including phenoxy) is 2. The van der Waals surface area contributed by atoms with Crippen molar-refractivity contribution in [2.75, 3.05) is 37.7 Å². The van der Waals surface area contributed by atoms with Crippen LogP contribution in [0, 0.1) is 0 Å². The number of carbonyl (C=O) groups excluding carboxylic acids is 2. The molecule has 0 radical (unpaired) electrons. The second kappa shape index (κ2) is 7.98. The Kier molecular flexibility index (Phi) is 5.38. The molecular weight excluding hydrogens is 401 g/mol. The van der Waals surface area contributed by atoms with Crippen LogP contribution in [0.15, 0.2) is 48.5 Å². The minimum absolute atomic E-state index is 0.0347. The van der Waals surface area contributed by atoms with Gasteiger partial charge in [0.25, 0.3) is 11.8 Å². The molecule has 0 saturated carbocycles. The maximum absolute atomic E-state index is 13.1. The molecule has 2 aliphatic rings. The standard InChI is InChI=1S/C21H19F3N2O4/c22-21(23,24)15-7-5-14(6-8-15)19(27)26-13-18(20(28)25-9-11-29-12-10-25)30-17-4-2-1-3-16(17)26/h1-8,18H,9-13H2. The number of hydrogen-bond acceptors (Lipinski definition) is 4. The van der Waals surface area contributed by atoms with Crippen molar-refractivity contribution in [3.63, 3.8) is 0 Å². The topological polar surface area (TPSA) is 59.1 Å². The summed E-state index contributed by atoms with van der Waals surface area (Å²) >= 11 is 0. The number of alkyl halides is 3. The van der Waals surface area contributed by atoms with E-state index in [0.29, 0.717) is 37.7 Å². The predicted molar refractivity (Wildman–Crippen MR) is 101 cm³/mol. The fourth-order valence-electron chi connectivity index (χ4n) is 3.50. The number of fused-ring (bicyclic) bond motifs is 1. The second-order valence-electron chi connectivity index (χ2n) is 7.00. The zero-order chi connectivity index (χ0) is 21.3. The Labute approximate surface area is 170 Å². The zero-order valence-electron chi connectivity index (χ0n) is 15.9. The molecule has 2 aromatic carbocycles. The SMILES string of the molecule is O=C(C1CN(C(=O)c2ccc(C(F)(F)F)cc2)c2ccccc2O1)N1CCOCC1. The molecule has 2 aromatic rings. The minimum Gasteiger partial charge on any atom is -0.476 e. The van der Waals surface area contributed by atoms with Gasteiger partial charge in [-0.25, -0.2) is 0 Å². The van der Waals surface area contributed by atoms with E-state index >= 15 is 0 Å². The molecule has 0 N–H and O–H groups in total. The average molecular weight is 420 g/mol. The monoisotopic (exact) mass is 420 g/mol. The van der Waals surface area contributed by atoms with E-state index < -0.39 is 23.8 Å². The zero-order valence-corrected chi connectivity index (χ0v) is 15.9. The van der Waals surface area contributed by atoms with Crippen molar-refractivity contribution in [2.45, 2.75) is 12.3 Å². The number of hydrogen-bond donors (Lipinski definition) is 0. The van der Waals surface area contributed by atoms with Gasteiger partial charge in [-0.05, 0) is 36.4 Å². The van der Waals surface area contributed by atoms with Crippen molar-refractivity contribution in [1.29, 1.82) is 0 Å². The predicted octanol–water partition coefficient (Wildman–Crippen LogP) is 2.97. The summed E-state index contributed by atoms with van der Waals surface area (Å²) in [4.78, 5) is 29.0. The third-order valence-electron chi connectivity index (χ3n) is 5.08. The molecule has 0 bridgehead atoms. The first-order chi connectivity index (χ1) is 14.3. The average Bonchev–Trinajstić information content (AvgIpc) is 2.77. The van der Waals surface area contributed by atoms with Crippen LogP contribution in [0.4, 0.5) is 18.9 Å². The van der Waals surface area contributed by atoms with Crippen molar-refractivity contribution in [3.05, 3.63) is 59.7 Å². The van der Waals surface area contributed by atoms with E-state index in [1.54, 1.807) is 29.2 Å². The Morgan fingerprint density at radius 3 is 2.30 bits per heavy atom. The van der Waals surface area contributed by atoms with Gasteiger partial charge in [-0.1, -0.05) is 12.1 Å². The van der Waals surface area contributed by atoms with Crippen molar-refractivity contribution in [2.24, 2.45) is 0 Å². The molecule has 4 rings (SSSR count). The van der Waals surface area contributed by atoms with Crippen molar-refractivity contribution in [3.8, 4) is 5.75 Å². The Balaban J connectivity index is 1.60. The van der Waals surface area contributed by atoms with Gasteiger partial charge in [-0.3, -0.25) is 9.59 Å². The van der Waals surface area contributed by atoms with Gasteiger partial charge in [0.1, 0.15) is 5.75 Å². The number of para-hydroxylation sites is 2. The molecule has 0 aromatic heterocycles. The fraction of sp³-hybridized carbons (Fsp3) is 0.333. The van der Waals surface area contributed by atoms with E-state index in [1.807, 2.05) is 0 Å². The third-order valence-corrected chi connectivity index (χ3v) is 5.08. The first-order valence-corrected chi connectivity index (χ1v) is 9.46. The Hall–Kier alpha value is -3.07. The molecule has 1 saturated heterocycles. The van der Waals surface area contributed by atoms with E-state index in [4.69, 9.17) is 9.47 Å². The number of morpholine rings is 1. The molecule has 0 aliphatic carbocycles. The largest absolute Gasteiger partial charge is 0.476 e. The lowest BCUT2D eigenvalue weighted by Crippen LogP contribution is -2.54. The summed E-state index contributed by atoms with van der Waals surface area (Å²) < 4.78 is 49.6. The Morgan fingerprint density at radius 2 is 1.63 bits per heavy atom. The van der Waals surface area contributed by atoms with Gasteiger partial charge in [0, 0.05) is 18.7 Å².